The number of nitrogens with zero attached hydrogens (tertiary/aromatic N) is 2. The number of aromatic nitrogens is 3. The molecule has 0 amide bonds. The predicted octanol–water partition coefficient (Wildman–Crippen LogP) is 3.14. The summed E-state index contributed by atoms with van der Waals surface area (Å²) >= 11 is 6.39. The van der Waals surface area contributed by atoms with Crippen molar-refractivity contribution in [3.8, 4) is 17.2 Å². The Bertz CT molecular complexity index is 1300. The van der Waals surface area contributed by atoms with Crippen LogP contribution >= 0.6 is 11.6 Å². The normalized spacial score (nSPS) is 10.7. The van der Waals surface area contributed by atoms with Gasteiger partial charge in [0, 0.05) is 5.56 Å². The number of aromatic amines is 1. The number of aryl methyl sites for hydroxylation is 2. The number of Topliss-reactive ketones (excluding diaryl/α,β-unsaturated/α-hetero) is 1. The molecule has 0 spiro atoms. The van der Waals surface area contributed by atoms with E-state index >= 15 is 0 Å². The maximum Gasteiger partial charge on any atom is 0.362 e. The highest BCUT2D eigenvalue weighted by molar-refractivity contribution is 6.32. The fraction of sp³-hybridized carbons (Fsp3) is 0.190. The molecule has 2 aromatic carbocycles. The Morgan fingerprint density at radius 3 is 2.52 bits per heavy atom. The van der Waals surface area contributed by atoms with Crippen LogP contribution < -0.4 is 16.0 Å². The summed E-state index contributed by atoms with van der Waals surface area (Å²) in [5.41, 5.74) is -0.757. The Balaban J connectivity index is 2.06. The maximum atomic E-state index is 12.1. The van der Waals surface area contributed by atoms with Gasteiger partial charge in [-0.3, -0.25) is 14.6 Å². The van der Waals surface area contributed by atoms with Gasteiger partial charge < -0.3 is 9.84 Å². The van der Waals surface area contributed by atoms with E-state index in [9.17, 15) is 19.2 Å². The molecule has 0 aliphatic heterocycles. The number of carbonyl (C=O) groups excluding carboxylic acids is 1. The first-order valence-corrected chi connectivity index (χ1v) is 9.59. The molecule has 160 valence electrons. The third-order valence-corrected chi connectivity index (χ3v) is 4.83. The summed E-state index contributed by atoms with van der Waals surface area (Å²) in [4.78, 5) is 48.4. The minimum atomic E-state index is -1.57. The van der Waals surface area contributed by atoms with Crippen LogP contribution in [0.25, 0.3) is 5.69 Å². The molecule has 2 N–H and O–H groups in total. The van der Waals surface area contributed by atoms with Gasteiger partial charge in [0.05, 0.1) is 10.7 Å². The lowest BCUT2D eigenvalue weighted by atomic mass is 10.1. The number of aromatic carboxylic acids is 1. The summed E-state index contributed by atoms with van der Waals surface area (Å²) in [6.07, 6.45) is 0.625. The first-order valence-electron chi connectivity index (χ1n) is 9.21. The summed E-state index contributed by atoms with van der Waals surface area (Å²) in [5.74, 6) is -0.775. The number of carboxylic acids is 1. The Hall–Kier alpha value is -3.72. The van der Waals surface area contributed by atoms with Crippen molar-refractivity contribution < 1.29 is 19.4 Å². The molecular formula is C21H18ClN3O6. The fourth-order valence-corrected chi connectivity index (χ4v) is 3.26. The van der Waals surface area contributed by atoms with E-state index in [0.29, 0.717) is 29.0 Å². The lowest BCUT2D eigenvalue weighted by Crippen LogP contribution is -2.35. The third-order valence-electron chi connectivity index (χ3n) is 4.55. The summed E-state index contributed by atoms with van der Waals surface area (Å²) in [6.45, 7) is 5.10. The van der Waals surface area contributed by atoms with Gasteiger partial charge in [0.1, 0.15) is 11.5 Å². The van der Waals surface area contributed by atoms with Crippen LogP contribution in [0.15, 0.2) is 39.9 Å². The topological polar surface area (TPSA) is 131 Å². The van der Waals surface area contributed by atoms with Gasteiger partial charge >= 0.3 is 11.7 Å². The van der Waals surface area contributed by atoms with Crippen LogP contribution in [0.5, 0.6) is 11.5 Å². The van der Waals surface area contributed by atoms with E-state index in [2.05, 4.69) is 5.10 Å². The lowest BCUT2D eigenvalue weighted by molar-refractivity contribution is 0.0685. The molecule has 0 saturated heterocycles. The van der Waals surface area contributed by atoms with Gasteiger partial charge in [0.25, 0.3) is 5.56 Å². The second-order valence-corrected chi connectivity index (χ2v) is 7.14. The zero-order chi connectivity index (χ0) is 22.9. The van der Waals surface area contributed by atoms with Gasteiger partial charge in [-0.2, -0.15) is 9.78 Å². The molecule has 9 nitrogen and oxygen atoms in total. The number of halogens is 1. The van der Waals surface area contributed by atoms with Gasteiger partial charge in [-0.1, -0.05) is 18.5 Å². The summed E-state index contributed by atoms with van der Waals surface area (Å²) in [7, 11) is 0. The van der Waals surface area contributed by atoms with Crippen molar-refractivity contribution in [2.45, 2.75) is 27.2 Å². The Kier molecular flexibility index (Phi) is 6.07. The SMILES string of the molecule is CCc1cc(C(C)=O)ccc1Oc1c(C)cc(-n2nc(C(=O)O)c(=O)[nH]c2=O)cc1Cl. The summed E-state index contributed by atoms with van der Waals surface area (Å²) in [6, 6.07) is 8.00. The van der Waals surface area contributed by atoms with Crippen LogP contribution in [0, 0.1) is 6.92 Å². The number of ether oxygens (including phenoxy) is 1. The van der Waals surface area contributed by atoms with Gasteiger partial charge in [-0.25, -0.2) is 9.59 Å². The zero-order valence-electron chi connectivity index (χ0n) is 16.9. The zero-order valence-corrected chi connectivity index (χ0v) is 17.6. The first kappa shape index (κ1) is 22.0. The first-order chi connectivity index (χ1) is 14.6. The lowest BCUT2D eigenvalue weighted by Gasteiger charge is -2.16. The highest BCUT2D eigenvalue weighted by Crippen LogP contribution is 2.36. The number of hydrogen-bond acceptors (Lipinski definition) is 6. The molecule has 0 radical (unpaired) electrons. The second kappa shape index (κ2) is 8.57. The minimum absolute atomic E-state index is 0.0561. The molecule has 1 heterocycles. The fourth-order valence-electron chi connectivity index (χ4n) is 2.96. The Morgan fingerprint density at radius 1 is 1.23 bits per heavy atom. The van der Waals surface area contributed by atoms with Crippen LogP contribution in [0.4, 0.5) is 0 Å². The number of nitrogens with one attached hydrogen (secondary N) is 1. The highest BCUT2D eigenvalue weighted by Gasteiger charge is 2.18. The van der Waals surface area contributed by atoms with Gasteiger partial charge in [-0.15, -0.1) is 0 Å². The van der Waals surface area contributed by atoms with Crippen LogP contribution in [0.1, 0.15) is 45.8 Å². The smallest absolute Gasteiger partial charge is 0.362 e. The Morgan fingerprint density at radius 2 is 1.94 bits per heavy atom. The van der Waals surface area contributed by atoms with Crippen LogP contribution in [0.2, 0.25) is 5.02 Å². The largest absolute Gasteiger partial charge is 0.476 e. The van der Waals surface area contributed by atoms with Crippen molar-refractivity contribution in [3.05, 3.63) is 78.6 Å². The molecule has 0 fully saturated rings. The molecule has 3 aromatic rings. The number of carbonyl (C=O) groups is 2. The van der Waals surface area contributed by atoms with E-state index in [4.69, 9.17) is 21.4 Å². The maximum absolute atomic E-state index is 12.1. The average Bonchev–Trinajstić information content (AvgIpc) is 2.70. The molecule has 3 rings (SSSR count). The minimum Gasteiger partial charge on any atom is -0.476 e. The molecule has 1 aromatic heterocycles. The standard InChI is InChI=1S/C21H18ClN3O6/c1-4-12-8-13(11(3)26)5-6-16(12)31-18-10(2)7-14(9-15(18)22)25-21(30)23-19(27)17(24-25)20(28)29/h5-9H,4H2,1-3H3,(H,28,29)(H,23,27,30). The quantitative estimate of drug-likeness (QED) is 0.559. The predicted molar refractivity (Wildman–Crippen MR) is 113 cm³/mol. The van der Waals surface area contributed by atoms with Crippen molar-refractivity contribution in [1.29, 1.82) is 0 Å². The number of ketones is 1. The van der Waals surface area contributed by atoms with Crippen molar-refractivity contribution in [2.24, 2.45) is 0 Å². The molecular weight excluding hydrogens is 426 g/mol. The monoisotopic (exact) mass is 443 g/mol. The molecule has 0 bridgehead atoms. The van der Waals surface area contributed by atoms with Crippen molar-refractivity contribution in [3.63, 3.8) is 0 Å². The highest BCUT2D eigenvalue weighted by atomic mass is 35.5. The number of benzene rings is 2. The average molecular weight is 444 g/mol. The molecule has 0 atom stereocenters. The van der Waals surface area contributed by atoms with E-state index < -0.39 is 22.9 Å². The molecule has 10 heteroatoms. The Labute approximate surface area is 180 Å². The molecule has 0 aliphatic rings. The number of rotatable bonds is 6. The van der Waals surface area contributed by atoms with Gasteiger partial charge in [-0.05, 0) is 61.7 Å². The molecule has 0 aliphatic carbocycles. The molecule has 0 saturated carbocycles. The number of H-pyrrole nitrogens is 1. The van der Waals surface area contributed by atoms with Crippen LogP contribution in [0.3, 0.4) is 0 Å². The molecule has 0 unspecified atom stereocenters. The van der Waals surface area contributed by atoms with Crippen molar-refractivity contribution in [1.82, 2.24) is 14.8 Å². The van der Waals surface area contributed by atoms with E-state index in [0.717, 1.165) is 10.2 Å². The number of hydrogen-bond donors (Lipinski definition) is 2. The molecule has 31 heavy (non-hydrogen) atoms. The van der Waals surface area contributed by atoms with Crippen LogP contribution in [-0.4, -0.2) is 31.6 Å². The number of carboxylic acid groups (broad SMARTS) is 1. The van der Waals surface area contributed by atoms with Crippen molar-refractivity contribution >= 4 is 23.4 Å². The van der Waals surface area contributed by atoms with Crippen LogP contribution in [-0.2, 0) is 6.42 Å². The van der Waals surface area contributed by atoms with Gasteiger partial charge in [0.15, 0.2) is 5.78 Å². The van der Waals surface area contributed by atoms with E-state index in [1.807, 2.05) is 11.9 Å². The second-order valence-electron chi connectivity index (χ2n) is 6.73. The van der Waals surface area contributed by atoms with E-state index in [-0.39, 0.29) is 16.5 Å². The summed E-state index contributed by atoms with van der Waals surface area (Å²) < 4.78 is 6.74. The van der Waals surface area contributed by atoms with Crippen molar-refractivity contribution in [2.75, 3.05) is 0 Å². The van der Waals surface area contributed by atoms with Gasteiger partial charge in [0.2, 0.25) is 5.69 Å². The third kappa shape index (κ3) is 4.41. The van der Waals surface area contributed by atoms with E-state index in [1.165, 1.54) is 19.1 Å². The van der Waals surface area contributed by atoms with E-state index in [1.54, 1.807) is 25.1 Å². The summed E-state index contributed by atoms with van der Waals surface area (Å²) in [5, 5.41) is 12.8.